The summed E-state index contributed by atoms with van der Waals surface area (Å²) in [6.45, 7) is 2.15. The lowest BCUT2D eigenvalue weighted by atomic mass is 9.92. The van der Waals surface area contributed by atoms with Crippen LogP contribution in [-0.2, 0) is 9.47 Å². The zero-order valence-corrected chi connectivity index (χ0v) is 13.6. The highest BCUT2D eigenvalue weighted by atomic mass is 79.9. The van der Waals surface area contributed by atoms with Gasteiger partial charge in [0.1, 0.15) is 25.0 Å². The number of ether oxygens (including phenoxy) is 2. The van der Waals surface area contributed by atoms with E-state index in [1.54, 1.807) is 0 Å². The molecule has 0 radical (unpaired) electrons. The molecular formula is C18H19BrO2. The maximum absolute atomic E-state index is 4.58. The molecule has 3 heteroatoms. The van der Waals surface area contributed by atoms with Crippen molar-refractivity contribution in [3.05, 3.63) is 84.7 Å². The summed E-state index contributed by atoms with van der Waals surface area (Å²) in [4.78, 5) is 0.438. The Morgan fingerprint density at radius 3 is 2.05 bits per heavy atom. The lowest BCUT2D eigenvalue weighted by Crippen LogP contribution is -1.96. The van der Waals surface area contributed by atoms with Crippen molar-refractivity contribution in [3.63, 3.8) is 0 Å². The third-order valence-corrected chi connectivity index (χ3v) is 3.76. The highest BCUT2D eigenvalue weighted by molar-refractivity contribution is 9.09. The fourth-order valence-electron chi connectivity index (χ4n) is 2.06. The van der Waals surface area contributed by atoms with Crippen molar-refractivity contribution in [1.82, 2.24) is 0 Å². The van der Waals surface area contributed by atoms with E-state index in [4.69, 9.17) is 0 Å². The molecule has 3 rings (SSSR count). The van der Waals surface area contributed by atoms with Gasteiger partial charge in [0.15, 0.2) is 0 Å². The zero-order chi connectivity index (χ0) is 14.9. The van der Waals surface area contributed by atoms with Crippen LogP contribution >= 0.6 is 15.9 Å². The molecule has 0 amide bonds. The fourth-order valence-corrected chi connectivity index (χ4v) is 2.36. The molecule has 0 bridgehead atoms. The molecular weight excluding hydrogens is 328 g/mol. The quantitative estimate of drug-likeness (QED) is 0.637. The van der Waals surface area contributed by atoms with E-state index in [1.807, 2.05) is 0 Å². The Bertz CT molecular complexity index is 519. The van der Waals surface area contributed by atoms with E-state index in [2.05, 4.69) is 80.9 Å². The Morgan fingerprint density at radius 2 is 1.62 bits per heavy atom. The molecule has 0 saturated carbocycles. The number of hydrogen-bond acceptors (Lipinski definition) is 2. The molecule has 0 spiro atoms. The van der Waals surface area contributed by atoms with Crippen molar-refractivity contribution in [2.75, 3.05) is 0 Å². The van der Waals surface area contributed by atoms with Gasteiger partial charge >= 0.3 is 0 Å². The molecule has 1 heterocycles. The van der Waals surface area contributed by atoms with Gasteiger partial charge in [0.25, 0.3) is 0 Å². The van der Waals surface area contributed by atoms with Gasteiger partial charge in [0, 0.05) is 10.7 Å². The van der Waals surface area contributed by atoms with E-state index in [0.29, 0.717) is 10.7 Å². The highest BCUT2D eigenvalue weighted by Crippen LogP contribution is 2.27. The van der Waals surface area contributed by atoms with Gasteiger partial charge in [0.05, 0.1) is 0 Å². The normalized spacial score (nSPS) is 20.0. The van der Waals surface area contributed by atoms with Gasteiger partial charge in [-0.2, -0.15) is 0 Å². The lowest BCUT2D eigenvalue weighted by molar-refractivity contribution is 0.290. The van der Waals surface area contributed by atoms with Gasteiger partial charge in [-0.3, -0.25) is 0 Å². The molecule has 110 valence electrons. The summed E-state index contributed by atoms with van der Waals surface area (Å²) >= 11 is 3.58. The summed E-state index contributed by atoms with van der Waals surface area (Å²) in [6.07, 6.45) is 15.7. The first-order valence-electron chi connectivity index (χ1n) is 6.95. The van der Waals surface area contributed by atoms with Crippen LogP contribution in [0.3, 0.4) is 0 Å². The molecule has 0 aromatic heterocycles. The predicted molar refractivity (Wildman–Crippen MR) is 89.9 cm³/mol. The summed E-state index contributed by atoms with van der Waals surface area (Å²) in [5, 5.41) is 0. The Morgan fingerprint density at radius 1 is 1.00 bits per heavy atom. The van der Waals surface area contributed by atoms with E-state index in [9.17, 15) is 0 Å². The maximum Gasteiger partial charge on any atom is 0.125 e. The molecule has 2 nitrogen and oxygen atoms in total. The number of rotatable bonds is 2. The number of hydrogen-bond donors (Lipinski definition) is 0. The van der Waals surface area contributed by atoms with Gasteiger partial charge in [-0.1, -0.05) is 64.5 Å². The minimum absolute atomic E-state index is 0.438. The van der Waals surface area contributed by atoms with Crippen molar-refractivity contribution in [1.29, 1.82) is 0 Å². The Kier molecular flexibility index (Phi) is 6.35. The largest absolute Gasteiger partial charge is 0.466 e. The second kappa shape index (κ2) is 8.53. The van der Waals surface area contributed by atoms with Gasteiger partial charge in [-0.25, -0.2) is 0 Å². The minimum atomic E-state index is 0.438. The van der Waals surface area contributed by atoms with Crippen LogP contribution in [0.1, 0.15) is 35.2 Å². The second-order valence-corrected chi connectivity index (χ2v) is 6.13. The number of benzene rings is 1. The van der Waals surface area contributed by atoms with Crippen molar-refractivity contribution < 1.29 is 9.47 Å². The summed E-state index contributed by atoms with van der Waals surface area (Å²) in [6, 6.07) is 8.89. The molecule has 1 aromatic carbocycles. The Hall–Kier alpha value is -1.74. The molecule has 21 heavy (non-hydrogen) atoms. The van der Waals surface area contributed by atoms with Gasteiger partial charge < -0.3 is 9.47 Å². The summed E-state index contributed by atoms with van der Waals surface area (Å²) in [5.74, 6) is 0.565. The summed E-state index contributed by atoms with van der Waals surface area (Å²) in [7, 11) is 0. The fraction of sp³-hybridized carbons (Fsp3) is 0.222. The van der Waals surface area contributed by atoms with Crippen molar-refractivity contribution >= 4 is 15.9 Å². The average molecular weight is 347 g/mol. The van der Waals surface area contributed by atoms with Crippen molar-refractivity contribution in [3.8, 4) is 0 Å². The van der Waals surface area contributed by atoms with Crippen LogP contribution in [-0.4, -0.2) is 0 Å². The SMILES string of the molecule is C1=COC=CO1.CC(Br)c1ccc([C@@H]2C=CC=CC2)cc1. The van der Waals surface area contributed by atoms with Gasteiger partial charge in [-0.15, -0.1) is 0 Å². The summed E-state index contributed by atoms with van der Waals surface area (Å²) in [5.41, 5.74) is 2.75. The molecule has 1 aliphatic carbocycles. The minimum Gasteiger partial charge on any atom is -0.466 e. The first-order valence-corrected chi connectivity index (χ1v) is 7.87. The van der Waals surface area contributed by atoms with Crippen LogP contribution in [0.5, 0.6) is 0 Å². The molecule has 0 N–H and O–H groups in total. The molecule has 2 atom stereocenters. The number of allylic oxidation sites excluding steroid dienone is 4. The number of halogens is 1. The molecule has 2 aliphatic rings. The van der Waals surface area contributed by atoms with E-state index in [1.165, 1.54) is 36.2 Å². The standard InChI is InChI=1S/C14H15Br.C4H4O2/c1-11(15)12-7-9-14(10-8-12)13-5-3-2-4-6-13;1-2-6-4-3-5-1/h2-5,7-11,13H,6H2,1H3;1-4H/t11?,13-;/m1./s1. The van der Waals surface area contributed by atoms with Gasteiger partial charge in [-0.05, 0) is 24.5 Å². The van der Waals surface area contributed by atoms with Crippen LogP contribution in [0.4, 0.5) is 0 Å². The zero-order valence-electron chi connectivity index (χ0n) is 12.0. The molecule has 1 unspecified atom stereocenters. The third-order valence-electron chi connectivity index (χ3n) is 3.23. The number of alkyl halides is 1. The smallest absolute Gasteiger partial charge is 0.125 e. The second-order valence-electron chi connectivity index (χ2n) is 4.75. The van der Waals surface area contributed by atoms with E-state index in [0.717, 1.165) is 6.42 Å². The van der Waals surface area contributed by atoms with Crippen LogP contribution in [0.15, 0.2) is 73.6 Å². The van der Waals surface area contributed by atoms with Crippen LogP contribution in [0, 0.1) is 0 Å². The predicted octanol–water partition coefficient (Wildman–Crippen LogP) is 5.72. The van der Waals surface area contributed by atoms with E-state index < -0.39 is 0 Å². The van der Waals surface area contributed by atoms with Crippen molar-refractivity contribution in [2.24, 2.45) is 0 Å². The first kappa shape index (κ1) is 15.6. The van der Waals surface area contributed by atoms with Crippen LogP contribution in [0.25, 0.3) is 0 Å². The van der Waals surface area contributed by atoms with Crippen LogP contribution in [0.2, 0.25) is 0 Å². The highest BCUT2D eigenvalue weighted by Gasteiger charge is 2.08. The van der Waals surface area contributed by atoms with Crippen LogP contribution < -0.4 is 0 Å². The van der Waals surface area contributed by atoms with E-state index >= 15 is 0 Å². The third kappa shape index (κ3) is 5.27. The summed E-state index contributed by atoms with van der Waals surface area (Å²) < 4.78 is 9.17. The Balaban J connectivity index is 0.000000225. The molecule has 1 aromatic rings. The monoisotopic (exact) mass is 346 g/mol. The maximum atomic E-state index is 4.58. The topological polar surface area (TPSA) is 18.5 Å². The molecule has 0 fully saturated rings. The molecule has 1 aliphatic heterocycles. The van der Waals surface area contributed by atoms with Crippen molar-refractivity contribution in [2.45, 2.75) is 24.1 Å². The first-order chi connectivity index (χ1) is 10.3. The lowest BCUT2D eigenvalue weighted by Gasteiger charge is -2.14. The van der Waals surface area contributed by atoms with Gasteiger partial charge in [0.2, 0.25) is 0 Å². The van der Waals surface area contributed by atoms with E-state index in [-0.39, 0.29) is 0 Å². The average Bonchev–Trinajstić information content (AvgIpc) is 2.58. The Labute approximate surface area is 134 Å². The molecule has 0 saturated heterocycles.